The van der Waals surface area contributed by atoms with Gasteiger partial charge in [-0.25, -0.2) is 4.68 Å². The lowest BCUT2D eigenvalue weighted by molar-refractivity contribution is 0.0949. The number of nitrogens with one attached hydrogen (secondary N) is 2. The van der Waals surface area contributed by atoms with E-state index in [2.05, 4.69) is 20.6 Å². The Hall–Kier alpha value is -3.52. The summed E-state index contributed by atoms with van der Waals surface area (Å²) in [6, 6.07) is 19.8. The molecule has 5 rings (SSSR count). The Kier molecular flexibility index (Phi) is 4.76. The molecule has 4 aromatic rings. The van der Waals surface area contributed by atoms with Crippen LogP contribution >= 0.6 is 12.2 Å². The molecule has 2 aromatic carbocycles. The quantitative estimate of drug-likeness (QED) is 0.465. The second-order valence-corrected chi connectivity index (χ2v) is 7.66. The maximum absolute atomic E-state index is 12.8. The van der Waals surface area contributed by atoms with Crippen molar-refractivity contribution in [2.45, 2.75) is 25.4 Å². The zero-order valence-electron chi connectivity index (χ0n) is 16.2. The summed E-state index contributed by atoms with van der Waals surface area (Å²) < 4.78 is 4.45. The van der Waals surface area contributed by atoms with Crippen molar-refractivity contribution >= 4 is 18.1 Å². The minimum absolute atomic E-state index is 0.165. The molecule has 1 aliphatic rings. The standard InChI is InChI=1S/C22H20N6OS/c29-21(23-14-20-25-26-22(30)27(20)17-9-10-17)16-7-4-8-18(13-16)28-19(11-12-24-28)15-5-2-1-3-6-15/h1-8,11-13,17H,9-10,14H2,(H,23,29)(H,26,30). The molecule has 7 nitrogen and oxygen atoms in total. The maximum Gasteiger partial charge on any atom is 0.251 e. The lowest BCUT2D eigenvalue weighted by Gasteiger charge is -2.10. The van der Waals surface area contributed by atoms with Crippen molar-refractivity contribution in [3.05, 3.63) is 83.0 Å². The average molecular weight is 417 g/mol. The molecule has 1 amide bonds. The van der Waals surface area contributed by atoms with Crippen molar-refractivity contribution in [2.24, 2.45) is 0 Å². The van der Waals surface area contributed by atoms with E-state index in [1.807, 2.05) is 63.8 Å². The second-order valence-electron chi connectivity index (χ2n) is 7.27. The highest BCUT2D eigenvalue weighted by Gasteiger charge is 2.27. The fourth-order valence-corrected chi connectivity index (χ4v) is 3.85. The molecule has 30 heavy (non-hydrogen) atoms. The molecular formula is C22H20N6OS. The van der Waals surface area contributed by atoms with Gasteiger partial charge in [0.15, 0.2) is 10.6 Å². The second kappa shape index (κ2) is 7.72. The van der Waals surface area contributed by atoms with Crippen molar-refractivity contribution in [1.82, 2.24) is 29.9 Å². The van der Waals surface area contributed by atoms with E-state index in [0.717, 1.165) is 35.6 Å². The van der Waals surface area contributed by atoms with E-state index in [1.165, 1.54) is 0 Å². The Balaban J connectivity index is 1.36. The van der Waals surface area contributed by atoms with Crippen LogP contribution in [0.4, 0.5) is 0 Å². The summed E-state index contributed by atoms with van der Waals surface area (Å²) in [7, 11) is 0. The van der Waals surface area contributed by atoms with E-state index in [-0.39, 0.29) is 5.91 Å². The SMILES string of the molecule is O=C(NCc1n[nH]c(=S)n1C1CC1)c1cccc(-n2nccc2-c2ccccc2)c1. The van der Waals surface area contributed by atoms with Gasteiger partial charge < -0.3 is 5.32 Å². The highest BCUT2D eigenvalue weighted by atomic mass is 32.1. The molecule has 0 unspecified atom stereocenters. The van der Waals surface area contributed by atoms with E-state index in [9.17, 15) is 4.79 Å². The van der Waals surface area contributed by atoms with Crippen molar-refractivity contribution in [2.75, 3.05) is 0 Å². The van der Waals surface area contributed by atoms with Crippen LogP contribution in [0.2, 0.25) is 0 Å². The zero-order chi connectivity index (χ0) is 20.5. The Labute approximate surface area is 178 Å². The van der Waals surface area contributed by atoms with Crippen LogP contribution in [0.25, 0.3) is 16.9 Å². The van der Waals surface area contributed by atoms with Crippen LogP contribution in [0, 0.1) is 4.77 Å². The van der Waals surface area contributed by atoms with E-state index < -0.39 is 0 Å². The summed E-state index contributed by atoms with van der Waals surface area (Å²) in [5, 5.41) is 14.5. The number of amides is 1. The molecule has 0 aliphatic heterocycles. The van der Waals surface area contributed by atoms with Crippen molar-refractivity contribution in [3.8, 4) is 16.9 Å². The molecule has 0 atom stereocenters. The molecule has 2 N–H and O–H groups in total. The van der Waals surface area contributed by atoms with Crippen LogP contribution in [0.3, 0.4) is 0 Å². The van der Waals surface area contributed by atoms with Gasteiger partial charge >= 0.3 is 0 Å². The third kappa shape index (κ3) is 3.57. The Morgan fingerprint density at radius 1 is 1.13 bits per heavy atom. The molecule has 0 spiro atoms. The van der Waals surface area contributed by atoms with Gasteiger partial charge in [-0.15, -0.1) is 0 Å². The van der Waals surface area contributed by atoms with Crippen molar-refractivity contribution in [3.63, 3.8) is 0 Å². The first-order chi connectivity index (χ1) is 14.7. The smallest absolute Gasteiger partial charge is 0.251 e. The summed E-state index contributed by atoms with van der Waals surface area (Å²) >= 11 is 5.30. The van der Waals surface area contributed by atoms with Crippen LogP contribution < -0.4 is 5.32 Å². The van der Waals surface area contributed by atoms with Gasteiger partial charge in [-0.2, -0.15) is 10.2 Å². The highest BCUT2D eigenvalue weighted by molar-refractivity contribution is 7.71. The number of nitrogens with zero attached hydrogens (tertiary/aromatic N) is 4. The highest BCUT2D eigenvalue weighted by Crippen LogP contribution is 2.35. The number of aromatic nitrogens is 5. The maximum atomic E-state index is 12.8. The summed E-state index contributed by atoms with van der Waals surface area (Å²) in [6.45, 7) is 0.323. The monoisotopic (exact) mass is 416 g/mol. The van der Waals surface area contributed by atoms with E-state index in [1.54, 1.807) is 12.3 Å². The molecule has 0 bridgehead atoms. The summed E-state index contributed by atoms with van der Waals surface area (Å²) in [5.41, 5.74) is 3.42. The molecule has 150 valence electrons. The Morgan fingerprint density at radius 3 is 2.77 bits per heavy atom. The van der Waals surface area contributed by atoms with Crippen LogP contribution in [0.1, 0.15) is 35.1 Å². The first-order valence-electron chi connectivity index (χ1n) is 9.84. The minimum Gasteiger partial charge on any atom is -0.345 e. The van der Waals surface area contributed by atoms with Gasteiger partial charge in [0.05, 0.1) is 24.1 Å². The van der Waals surface area contributed by atoms with Crippen molar-refractivity contribution in [1.29, 1.82) is 0 Å². The molecular weight excluding hydrogens is 396 g/mol. The zero-order valence-corrected chi connectivity index (χ0v) is 17.0. The summed E-state index contributed by atoms with van der Waals surface area (Å²) in [6.07, 6.45) is 3.96. The molecule has 8 heteroatoms. The van der Waals surface area contributed by atoms with Gasteiger partial charge in [-0.05, 0) is 49.3 Å². The first-order valence-corrected chi connectivity index (χ1v) is 10.3. The lowest BCUT2D eigenvalue weighted by atomic mass is 10.1. The number of carbonyl (C=O) groups is 1. The van der Waals surface area contributed by atoms with Crippen LogP contribution in [0.15, 0.2) is 66.9 Å². The van der Waals surface area contributed by atoms with E-state index >= 15 is 0 Å². The normalized spacial score (nSPS) is 13.3. The summed E-state index contributed by atoms with van der Waals surface area (Å²) in [4.78, 5) is 12.8. The van der Waals surface area contributed by atoms with Gasteiger partial charge in [0.2, 0.25) is 0 Å². The Bertz CT molecular complexity index is 1250. The molecule has 2 aromatic heterocycles. The molecule has 2 heterocycles. The van der Waals surface area contributed by atoms with Crippen molar-refractivity contribution < 1.29 is 4.79 Å². The molecule has 1 aliphatic carbocycles. The predicted octanol–water partition coefficient (Wildman–Crippen LogP) is 4.06. The Morgan fingerprint density at radius 2 is 1.97 bits per heavy atom. The van der Waals surface area contributed by atoms with Gasteiger partial charge in [0, 0.05) is 17.2 Å². The summed E-state index contributed by atoms with van der Waals surface area (Å²) in [5.74, 6) is 0.590. The number of hydrogen-bond acceptors (Lipinski definition) is 4. The largest absolute Gasteiger partial charge is 0.345 e. The number of H-pyrrole nitrogens is 1. The third-order valence-electron chi connectivity index (χ3n) is 5.16. The number of rotatable bonds is 6. The number of carbonyl (C=O) groups excluding carboxylic acids is 1. The fraction of sp³-hybridized carbons (Fsp3) is 0.182. The van der Waals surface area contributed by atoms with Crippen LogP contribution in [-0.4, -0.2) is 30.5 Å². The van der Waals surface area contributed by atoms with Gasteiger partial charge in [-0.1, -0.05) is 36.4 Å². The van der Waals surface area contributed by atoms with E-state index in [4.69, 9.17) is 12.2 Å². The van der Waals surface area contributed by atoms with Crippen LogP contribution in [-0.2, 0) is 6.54 Å². The predicted molar refractivity (Wildman–Crippen MR) is 116 cm³/mol. The number of benzene rings is 2. The molecule has 0 saturated heterocycles. The fourth-order valence-electron chi connectivity index (χ4n) is 3.55. The number of hydrogen-bond donors (Lipinski definition) is 2. The van der Waals surface area contributed by atoms with Gasteiger partial charge in [-0.3, -0.25) is 14.5 Å². The molecule has 1 fully saturated rings. The lowest BCUT2D eigenvalue weighted by Crippen LogP contribution is -2.25. The average Bonchev–Trinajstić information content (AvgIpc) is 3.37. The third-order valence-corrected chi connectivity index (χ3v) is 5.45. The van der Waals surface area contributed by atoms with Gasteiger partial charge in [0.25, 0.3) is 5.91 Å². The number of aromatic amines is 1. The molecule has 1 saturated carbocycles. The van der Waals surface area contributed by atoms with E-state index in [0.29, 0.717) is 22.9 Å². The van der Waals surface area contributed by atoms with Gasteiger partial charge in [0.1, 0.15) is 0 Å². The minimum atomic E-state index is -0.165. The topological polar surface area (TPSA) is 80.5 Å². The van der Waals surface area contributed by atoms with Crippen LogP contribution in [0.5, 0.6) is 0 Å². The molecule has 0 radical (unpaired) electrons. The first kappa shape index (κ1) is 18.5.